The van der Waals surface area contributed by atoms with E-state index in [9.17, 15) is 0 Å². The zero-order chi connectivity index (χ0) is 21.9. The third-order valence-electron chi connectivity index (χ3n) is 6.12. The number of hydrogen-bond donors (Lipinski definition) is 0. The SMILES string of the molecule is Clc1nc(-c2ccc3c(c2)c2ccccc2n3-c2ccccc2)nc2c1sc1ccccc12. The van der Waals surface area contributed by atoms with E-state index in [0.29, 0.717) is 11.0 Å². The molecule has 0 atom stereocenters. The van der Waals surface area contributed by atoms with Gasteiger partial charge in [0, 0.05) is 32.1 Å². The Balaban J connectivity index is 1.51. The topological polar surface area (TPSA) is 30.7 Å². The van der Waals surface area contributed by atoms with Crippen molar-refractivity contribution in [2.45, 2.75) is 0 Å². The molecule has 0 aliphatic rings. The van der Waals surface area contributed by atoms with Gasteiger partial charge in [0.25, 0.3) is 0 Å². The summed E-state index contributed by atoms with van der Waals surface area (Å²) in [7, 11) is 0. The van der Waals surface area contributed by atoms with E-state index in [0.717, 1.165) is 32.4 Å². The Morgan fingerprint density at radius 2 is 1.39 bits per heavy atom. The summed E-state index contributed by atoms with van der Waals surface area (Å²) in [5.41, 5.74) is 5.34. The van der Waals surface area contributed by atoms with Gasteiger partial charge in [0.15, 0.2) is 11.0 Å². The van der Waals surface area contributed by atoms with Crippen LogP contribution in [0.3, 0.4) is 0 Å². The molecule has 0 N–H and O–H groups in total. The third-order valence-corrected chi connectivity index (χ3v) is 7.68. The van der Waals surface area contributed by atoms with Gasteiger partial charge in [0.05, 0.1) is 21.3 Å². The molecule has 0 bridgehead atoms. The number of fused-ring (bicyclic) bond motifs is 6. The number of thiophene rings is 1. The van der Waals surface area contributed by atoms with Crippen molar-refractivity contribution in [1.29, 1.82) is 0 Å². The number of rotatable bonds is 2. The minimum Gasteiger partial charge on any atom is -0.309 e. The number of halogens is 1. The van der Waals surface area contributed by atoms with Crippen molar-refractivity contribution in [3.8, 4) is 17.1 Å². The van der Waals surface area contributed by atoms with E-state index < -0.39 is 0 Å². The zero-order valence-electron chi connectivity index (χ0n) is 17.4. The Kier molecular flexibility index (Phi) is 4.07. The van der Waals surface area contributed by atoms with Gasteiger partial charge in [-0.3, -0.25) is 0 Å². The Morgan fingerprint density at radius 3 is 2.27 bits per heavy atom. The highest BCUT2D eigenvalue weighted by Crippen LogP contribution is 2.38. The Labute approximate surface area is 198 Å². The number of benzene rings is 4. The van der Waals surface area contributed by atoms with Gasteiger partial charge in [-0.15, -0.1) is 11.3 Å². The molecule has 7 aromatic rings. The molecule has 0 saturated carbocycles. The molecule has 0 fully saturated rings. The second-order valence-corrected chi connectivity index (χ2v) is 9.44. The van der Waals surface area contributed by atoms with Gasteiger partial charge in [-0.05, 0) is 42.5 Å². The molecule has 5 heteroatoms. The summed E-state index contributed by atoms with van der Waals surface area (Å²) in [4.78, 5) is 9.63. The smallest absolute Gasteiger partial charge is 0.161 e. The molecule has 0 amide bonds. The molecular formula is C28H16ClN3S. The summed E-state index contributed by atoms with van der Waals surface area (Å²) in [6.45, 7) is 0. The fourth-order valence-corrected chi connectivity index (χ4v) is 5.96. The van der Waals surface area contributed by atoms with E-state index in [-0.39, 0.29) is 0 Å². The molecular weight excluding hydrogens is 446 g/mol. The van der Waals surface area contributed by atoms with E-state index >= 15 is 0 Å². The summed E-state index contributed by atoms with van der Waals surface area (Å²) in [5.74, 6) is 0.648. The highest BCUT2D eigenvalue weighted by atomic mass is 35.5. The second-order valence-electron chi connectivity index (χ2n) is 8.03. The van der Waals surface area contributed by atoms with Crippen molar-refractivity contribution >= 4 is 65.0 Å². The molecule has 3 heterocycles. The van der Waals surface area contributed by atoms with Crippen LogP contribution in [0, 0.1) is 0 Å². The molecule has 0 spiro atoms. The first-order valence-electron chi connectivity index (χ1n) is 10.7. The molecule has 0 aliphatic carbocycles. The van der Waals surface area contributed by atoms with Crippen LogP contribution in [0.2, 0.25) is 5.15 Å². The quantitative estimate of drug-likeness (QED) is 0.242. The third kappa shape index (κ3) is 2.81. The Bertz CT molecular complexity index is 1830. The van der Waals surface area contributed by atoms with Crippen LogP contribution in [-0.4, -0.2) is 14.5 Å². The standard InChI is InChI=1S/C28H16ClN3S/c29-27-26-25(20-11-5-7-13-24(20)33-26)30-28(31-27)17-14-15-23-21(16-17)19-10-4-6-12-22(19)32(23)18-8-2-1-3-9-18/h1-16H. The van der Waals surface area contributed by atoms with Crippen molar-refractivity contribution in [2.75, 3.05) is 0 Å². The first-order chi connectivity index (χ1) is 16.3. The predicted molar refractivity (Wildman–Crippen MR) is 140 cm³/mol. The van der Waals surface area contributed by atoms with Crippen LogP contribution in [0.5, 0.6) is 0 Å². The average molecular weight is 462 g/mol. The monoisotopic (exact) mass is 461 g/mol. The Morgan fingerprint density at radius 1 is 0.667 bits per heavy atom. The lowest BCUT2D eigenvalue weighted by atomic mass is 10.1. The summed E-state index contributed by atoms with van der Waals surface area (Å²) < 4.78 is 4.41. The van der Waals surface area contributed by atoms with Crippen LogP contribution < -0.4 is 0 Å². The summed E-state index contributed by atoms with van der Waals surface area (Å²) >= 11 is 8.27. The number of nitrogens with zero attached hydrogens (tertiary/aromatic N) is 3. The molecule has 33 heavy (non-hydrogen) atoms. The van der Waals surface area contributed by atoms with Crippen molar-refractivity contribution in [3.63, 3.8) is 0 Å². The minimum absolute atomic E-state index is 0.503. The van der Waals surface area contributed by atoms with Crippen LogP contribution in [0.25, 0.3) is 59.2 Å². The number of aromatic nitrogens is 3. The molecule has 4 aromatic carbocycles. The molecule has 0 saturated heterocycles. The summed E-state index contributed by atoms with van der Waals surface area (Å²) in [6.07, 6.45) is 0. The first kappa shape index (κ1) is 18.8. The second kappa shape index (κ2) is 7.14. The maximum atomic E-state index is 6.64. The summed E-state index contributed by atoms with van der Waals surface area (Å²) in [5, 5.41) is 3.99. The maximum absolute atomic E-state index is 6.64. The Hall–Kier alpha value is -3.73. The van der Waals surface area contributed by atoms with E-state index in [2.05, 4.69) is 88.4 Å². The van der Waals surface area contributed by atoms with Gasteiger partial charge in [-0.25, -0.2) is 9.97 Å². The number of para-hydroxylation sites is 2. The van der Waals surface area contributed by atoms with Crippen molar-refractivity contribution in [1.82, 2.24) is 14.5 Å². The van der Waals surface area contributed by atoms with Gasteiger partial charge in [-0.2, -0.15) is 0 Å². The minimum atomic E-state index is 0.503. The van der Waals surface area contributed by atoms with Crippen LogP contribution in [0.15, 0.2) is 97.1 Å². The van der Waals surface area contributed by atoms with Gasteiger partial charge >= 0.3 is 0 Å². The van der Waals surface area contributed by atoms with Crippen molar-refractivity contribution < 1.29 is 0 Å². The van der Waals surface area contributed by atoms with E-state index in [1.54, 1.807) is 11.3 Å². The van der Waals surface area contributed by atoms with Crippen LogP contribution in [0.1, 0.15) is 0 Å². The fraction of sp³-hybridized carbons (Fsp3) is 0. The summed E-state index contributed by atoms with van der Waals surface area (Å²) in [6, 6.07) is 33.7. The fourth-order valence-electron chi connectivity index (χ4n) is 4.65. The molecule has 3 aromatic heterocycles. The van der Waals surface area contributed by atoms with E-state index in [1.165, 1.54) is 21.0 Å². The van der Waals surface area contributed by atoms with Gasteiger partial charge in [-0.1, -0.05) is 66.2 Å². The maximum Gasteiger partial charge on any atom is 0.161 e. The molecule has 156 valence electrons. The normalized spacial score (nSPS) is 11.8. The van der Waals surface area contributed by atoms with E-state index in [4.69, 9.17) is 16.6 Å². The first-order valence-corrected chi connectivity index (χ1v) is 11.9. The molecule has 0 radical (unpaired) electrons. The van der Waals surface area contributed by atoms with Crippen LogP contribution in [-0.2, 0) is 0 Å². The largest absolute Gasteiger partial charge is 0.309 e. The van der Waals surface area contributed by atoms with Crippen molar-refractivity contribution in [2.24, 2.45) is 0 Å². The molecule has 3 nitrogen and oxygen atoms in total. The highest BCUT2D eigenvalue weighted by molar-refractivity contribution is 7.26. The van der Waals surface area contributed by atoms with Gasteiger partial charge < -0.3 is 4.57 Å². The lowest BCUT2D eigenvalue weighted by Crippen LogP contribution is -1.93. The van der Waals surface area contributed by atoms with Crippen LogP contribution >= 0.6 is 22.9 Å². The average Bonchev–Trinajstić information content (AvgIpc) is 3.40. The van der Waals surface area contributed by atoms with Crippen LogP contribution in [0.4, 0.5) is 0 Å². The zero-order valence-corrected chi connectivity index (χ0v) is 18.9. The van der Waals surface area contributed by atoms with Gasteiger partial charge in [0.2, 0.25) is 0 Å². The number of hydrogen-bond acceptors (Lipinski definition) is 3. The lowest BCUT2D eigenvalue weighted by molar-refractivity contribution is 1.18. The molecule has 0 unspecified atom stereocenters. The molecule has 0 aliphatic heterocycles. The van der Waals surface area contributed by atoms with Crippen molar-refractivity contribution in [3.05, 3.63) is 102 Å². The predicted octanol–water partition coefficient (Wildman–Crippen LogP) is 8.26. The highest BCUT2D eigenvalue weighted by Gasteiger charge is 2.16. The van der Waals surface area contributed by atoms with Gasteiger partial charge in [0.1, 0.15) is 0 Å². The lowest BCUT2D eigenvalue weighted by Gasteiger charge is -2.08. The van der Waals surface area contributed by atoms with E-state index in [1.807, 2.05) is 18.2 Å². The molecule has 7 rings (SSSR count).